The molecule has 0 aromatic heterocycles. The van der Waals surface area contributed by atoms with E-state index in [0.717, 1.165) is 32.4 Å². The molecule has 2 aliphatic heterocycles. The molecule has 7 aliphatic rings. The van der Waals surface area contributed by atoms with Crippen LogP contribution in [-0.2, 0) is 23.7 Å². The molecule has 2 heterocycles. The smallest absolute Gasteiger partial charge is 0.148 e. The lowest BCUT2D eigenvalue weighted by molar-refractivity contribution is -0.334. The van der Waals surface area contributed by atoms with E-state index in [4.69, 9.17) is 23.7 Å². The van der Waals surface area contributed by atoms with Crippen molar-refractivity contribution < 1.29 is 33.9 Å². The number of rotatable bonds is 5. The Bertz CT molecular complexity index is 859. The molecular weight excluding hydrogens is 426 g/mol. The number of piperidine rings is 1. The van der Waals surface area contributed by atoms with Gasteiger partial charge in [-0.25, -0.2) is 0 Å². The summed E-state index contributed by atoms with van der Waals surface area (Å²) < 4.78 is 31.6. The lowest BCUT2D eigenvalue weighted by Gasteiger charge is -2.72. The third-order valence-electron chi connectivity index (χ3n) is 11.9. The summed E-state index contributed by atoms with van der Waals surface area (Å²) in [7, 11) is 5.31. The summed E-state index contributed by atoms with van der Waals surface area (Å²) in [5.41, 5.74) is -3.12. The van der Waals surface area contributed by atoms with E-state index in [1.807, 2.05) is 0 Å². The number of fused-ring (bicyclic) bond motifs is 1. The Hall–Kier alpha value is -0.320. The van der Waals surface area contributed by atoms with E-state index < -0.39 is 34.2 Å². The quantitative estimate of drug-likeness (QED) is 0.616. The van der Waals surface area contributed by atoms with Gasteiger partial charge in [-0.1, -0.05) is 6.92 Å². The molecule has 0 aromatic carbocycles. The predicted octanol–water partition coefficient (Wildman–Crippen LogP) is 0.781. The van der Waals surface area contributed by atoms with Crippen molar-refractivity contribution in [1.29, 1.82) is 0 Å². The van der Waals surface area contributed by atoms with Crippen LogP contribution in [0.25, 0.3) is 0 Å². The van der Waals surface area contributed by atoms with Gasteiger partial charge < -0.3 is 33.9 Å². The molecule has 3 spiro atoms. The average Bonchev–Trinajstić information content (AvgIpc) is 3.33. The van der Waals surface area contributed by atoms with Crippen molar-refractivity contribution in [3.05, 3.63) is 0 Å². The van der Waals surface area contributed by atoms with E-state index in [9.17, 15) is 10.2 Å². The van der Waals surface area contributed by atoms with E-state index in [0.29, 0.717) is 19.4 Å². The maximum Gasteiger partial charge on any atom is 0.148 e. The lowest BCUT2D eigenvalue weighted by Crippen LogP contribution is -2.85. The fourth-order valence-corrected chi connectivity index (χ4v) is 11.4. The zero-order chi connectivity index (χ0) is 23.0. The number of ether oxygens (including phenoxy) is 5. The van der Waals surface area contributed by atoms with Gasteiger partial charge in [0.05, 0.1) is 36.6 Å². The molecule has 33 heavy (non-hydrogen) atoms. The second kappa shape index (κ2) is 6.51. The summed E-state index contributed by atoms with van der Waals surface area (Å²) in [5, 5.41) is 24.8. The van der Waals surface area contributed by atoms with Crippen molar-refractivity contribution in [1.82, 2.24) is 4.90 Å². The van der Waals surface area contributed by atoms with Crippen molar-refractivity contribution >= 4 is 0 Å². The molecule has 7 bridgehead atoms. The van der Waals surface area contributed by atoms with Crippen LogP contribution in [0.2, 0.25) is 0 Å². The van der Waals surface area contributed by atoms with Crippen LogP contribution in [0.1, 0.15) is 39.0 Å². The minimum absolute atomic E-state index is 0.0273. The van der Waals surface area contributed by atoms with E-state index in [1.54, 1.807) is 21.3 Å². The summed E-state index contributed by atoms with van der Waals surface area (Å²) in [5.74, 6) is -0.340. The van der Waals surface area contributed by atoms with E-state index >= 15 is 0 Å². The van der Waals surface area contributed by atoms with Crippen molar-refractivity contribution in [3.8, 4) is 0 Å². The van der Waals surface area contributed by atoms with Crippen molar-refractivity contribution in [2.75, 3.05) is 47.8 Å². The van der Waals surface area contributed by atoms with Gasteiger partial charge in [0, 0.05) is 57.0 Å². The van der Waals surface area contributed by atoms with Gasteiger partial charge in [0.15, 0.2) is 0 Å². The molecule has 0 radical (unpaired) electrons. The molecule has 5 saturated carbocycles. The third kappa shape index (κ3) is 1.95. The van der Waals surface area contributed by atoms with Gasteiger partial charge >= 0.3 is 0 Å². The van der Waals surface area contributed by atoms with E-state index in [1.165, 1.54) is 0 Å². The number of hydrogen-bond acceptors (Lipinski definition) is 8. The van der Waals surface area contributed by atoms with Crippen LogP contribution in [0.5, 0.6) is 0 Å². The third-order valence-corrected chi connectivity index (χ3v) is 11.9. The molecule has 0 unspecified atom stereocenters. The maximum atomic E-state index is 13.1. The maximum absolute atomic E-state index is 13.1. The fraction of sp³-hybridized carbons (Fsp3) is 1.00. The first kappa shape index (κ1) is 21.9. The minimum atomic E-state index is -1.12. The van der Waals surface area contributed by atoms with Crippen LogP contribution in [0, 0.1) is 28.6 Å². The van der Waals surface area contributed by atoms with E-state index in [2.05, 4.69) is 11.8 Å². The standard InChI is InChI=1S/C25H39NO7/c1-5-26-11-21(12-29-2)7-6-17(31-4)25-16(21)10-24(20(25)26)23(32-13-33-24)9-15(30-3)14-8-22(25,28)19(23)18(14)27/h14-20,27-28H,5-13H2,1-4H3/t14-,15+,16-,17+,18+,19+,20-,21+,22+,23-,24-,25+/m1/s1. The van der Waals surface area contributed by atoms with Gasteiger partial charge in [0.2, 0.25) is 0 Å². The molecule has 2 saturated heterocycles. The molecule has 2 N–H and O–H groups in total. The van der Waals surface area contributed by atoms with Gasteiger partial charge in [-0.05, 0) is 38.1 Å². The summed E-state index contributed by atoms with van der Waals surface area (Å²) in [6.07, 6.45) is 2.93. The zero-order valence-electron chi connectivity index (χ0n) is 20.3. The molecule has 7 fully saturated rings. The highest BCUT2D eigenvalue weighted by molar-refractivity contribution is 5.44. The van der Waals surface area contributed by atoms with Gasteiger partial charge in [0.25, 0.3) is 0 Å². The van der Waals surface area contributed by atoms with Crippen molar-refractivity contribution in [3.63, 3.8) is 0 Å². The highest BCUT2D eigenvalue weighted by Gasteiger charge is 2.94. The molecule has 12 atom stereocenters. The largest absolute Gasteiger partial charge is 0.392 e. The average molecular weight is 466 g/mol. The van der Waals surface area contributed by atoms with Crippen LogP contribution < -0.4 is 0 Å². The fourth-order valence-electron chi connectivity index (χ4n) is 11.4. The SMILES string of the molecule is CCN1C[C@]2(COC)CC[C@H](OC)[C@]34[C@@H]2C[C@@]2(OCO[C@@]25C[C@H](OC)[C@H]2C[C@]3(O)[C@@H]5[C@H]2O)[C@@H]14. The second-order valence-electron chi connectivity index (χ2n) is 12.1. The second-order valence-corrected chi connectivity index (χ2v) is 12.1. The van der Waals surface area contributed by atoms with Crippen LogP contribution in [0.3, 0.4) is 0 Å². The van der Waals surface area contributed by atoms with Gasteiger partial charge in [0.1, 0.15) is 18.0 Å². The Kier molecular flexibility index (Phi) is 4.32. The summed E-state index contributed by atoms with van der Waals surface area (Å²) >= 11 is 0. The van der Waals surface area contributed by atoms with E-state index in [-0.39, 0.29) is 42.3 Å². The summed E-state index contributed by atoms with van der Waals surface area (Å²) in [6.45, 7) is 4.88. The summed E-state index contributed by atoms with van der Waals surface area (Å²) in [6, 6.07) is -0.0273. The van der Waals surface area contributed by atoms with Gasteiger partial charge in [-0.3, -0.25) is 4.90 Å². The minimum Gasteiger partial charge on any atom is -0.392 e. The van der Waals surface area contributed by atoms with Crippen LogP contribution in [0.4, 0.5) is 0 Å². The Morgan fingerprint density at radius 3 is 2.55 bits per heavy atom. The first-order valence-corrected chi connectivity index (χ1v) is 12.8. The zero-order valence-corrected chi connectivity index (χ0v) is 20.3. The van der Waals surface area contributed by atoms with Gasteiger partial charge in [-0.15, -0.1) is 0 Å². The highest BCUT2D eigenvalue weighted by atomic mass is 16.7. The topological polar surface area (TPSA) is 89.9 Å². The molecule has 8 nitrogen and oxygen atoms in total. The molecule has 5 aliphatic carbocycles. The molecule has 186 valence electrons. The Morgan fingerprint density at radius 1 is 1.06 bits per heavy atom. The first-order valence-electron chi connectivity index (χ1n) is 12.8. The molecule has 8 heteroatoms. The number of aliphatic hydroxyl groups excluding tert-OH is 1. The lowest BCUT2D eigenvalue weighted by atomic mass is 9.41. The van der Waals surface area contributed by atoms with Crippen molar-refractivity contribution in [2.45, 2.75) is 80.2 Å². The molecule has 0 aromatic rings. The Morgan fingerprint density at radius 2 is 1.85 bits per heavy atom. The number of likely N-dealkylation sites (N-methyl/N-ethyl adjacent to an activating group) is 1. The molecule has 7 rings (SSSR count). The van der Waals surface area contributed by atoms with Crippen LogP contribution in [-0.4, -0.2) is 104 Å². The number of aliphatic hydroxyl groups is 2. The molecular formula is C25H39NO7. The first-order chi connectivity index (χ1) is 15.9. The number of methoxy groups -OCH3 is 3. The highest BCUT2D eigenvalue weighted by Crippen LogP contribution is 2.83. The monoisotopic (exact) mass is 465 g/mol. The van der Waals surface area contributed by atoms with Crippen LogP contribution in [0.15, 0.2) is 0 Å². The number of hydrogen-bond donors (Lipinski definition) is 2. The molecule has 0 amide bonds. The Balaban J connectivity index is 1.56. The predicted molar refractivity (Wildman–Crippen MR) is 116 cm³/mol. The van der Waals surface area contributed by atoms with Crippen LogP contribution >= 0.6 is 0 Å². The van der Waals surface area contributed by atoms with Crippen molar-refractivity contribution in [2.24, 2.45) is 28.6 Å². The van der Waals surface area contributed by atoms with Gasteiger partial charge in [-0.2, -0.15) is 0 Å². The number of likely N-dealkylation sites (tertiary alicyclic amines) is 1. The summed E-state index contributed by atoms with van der Waals surface area (Å²) in [4.78, 5) is 2.55. The Labute approximate surface area is 195 Å². The number of nitrogens with zero attached hydrogens (tertiary/aromatic N) is 1. The normalized spacial score (nSPS) is 62.5.